The molecule has 142 valence electrons. The Morgan fingerprint density at radius 3 is 2.30 bits per heavy atom. The maximum atomic E-state index is 12.5. The van der Waals surface area contributed by atoms with Crippen molar-refractivity contribution in [1.82, 2.24) is 0 Å². The van der Waals surface area contributed by atoms with Crippen LogP contribution in [0.15, 0.2) is 48.5 Å². The van der Waals surface area contributed by atoms with E-state index in [4.69, 9.17) is 4.74 Å². The fourth-order valence-corrected chi connectivity index (χ4v) is 3.13. The highest BCUT2D eigenvalue weighted by Gasteiger charge is 2.20. The number of methoxy groups -OCH3 is 2. The summed E-state index contributed by atoms with van der Waals surface area (Å²) in [5.74, 6) is -0.760. The predicted octanol–water partition coefficient (Wildman–Crippen LogP) is 3.52. The van der Waals surface area contributed by atoms with Crippen LogP contribution in [0.3, 0.4) is 0 Å². The lowest BCUT2D eigenvalue weighted by Gasteiger charge is -2.15. The van der Waals surface area contributed by atoms with Crippen molar-refractivity contribution in [2.24, 2.45) is 0 Å². The van der Waals surface area contributed by atoms with Crippen molar-refractivity contribution in [1.29, 1.82) is 0 Å². The van der Waals surface area contributed by atoms with E-state index in [1.807, 2.05) is 30.3 Å². The van der Waals surface area contributed by atoms with E-state index in [9.17, 15) is 14.4 Å². The highest BCUT2D eigenvalue weighted by molar-refractivity contribution is 7.99. The van der Waals surface area contributed by atoms with Crippen molar-refractivity contribution < 1.29 is 23.9 Å². The summed E-state index contributed by atoms with van der Waals surface area (Å²) in [4.78, 5) is 36.2. The summed E-state index contributed by atoms with van der Waals surface area (Å²) in [7, 11) is 2.51. The molecule has 0 fully saturated rings. The molecular formula is C20H21NO5S. The molecule has 0 aliphatic rings. The Kier molecular flexibility index (Phi) is 7.43. The first kappa shape index (κ1) is 20.5. The lowest BCUT2D eigenvalue weighted by molar-refractivity contribution is -0.115. The van der Waals surface area contributed by atoms with Gasteiger partial charge in [0.15, 0.2) is 0 Å². The first-order chi connectivity index (χ1) is 13.0. The second-order valence-electron chi connectivity index (χ2n) is 5.67. The van der Waals surface area contributed by atoms with E-state index < -0.39 is 11.9 Å². The van der Waals surface area contributed by atoms with E-state index in [1.165, 1.54) is 44.2 Å². The minimum absolute atomic E-state index is 0.166. The zero-order chi connectivity index (χ0) is 19.8. The molecule has 6 nitrogen and oxygen atoms in total. The van der Waals surface area contributed by atoms with Gasteiger partial charge in [-0.3, -0.25) is 4.79 Å². The van der Waals surface area contributed by atoms with Crippen molar-refractivity contribution in [3.05, 3.63) is 65.2 Å². The molecular weight excluding hydrogens is 366 g/mol. The van der Waals surface area contributed by atoms with Gasteiger partial charge in [-0.25, -0.2) is 9.59 Å². The van der Waals surface area contributed by atoms with Crippen LogP contribution < -0.4 is 5.32 Å². The van der Waals surface area contributed by atoms with Crippen molar-refractivity contribution in [3.63, 3.8) is 0 Å². The average Bonchev–Trinajstić information content (AvgIpc) is 2.71. The molecule has 0 spiro atoms. The van der Waals surface area contributed by atoms with Gasteiger partial charge in [0.1, 0.15) is 0 Å². The summed E-state index contributed by atoms with van der Waals surface area (Å²) in [6.07, 6.45) is 0. The molecule has 7 heteroatoms. The molecule has 0 heterocycles. The van der Waals surface area contributed by atoms with Gasteiger partial charge in [0.2, 0.25) is 5.91 Å². The van der Waals surface area contributed by atoms with Crippen LogP contribution in [0.1, 0.15) is 33.2 Å². The SMILES string of the molecule is COC(=O)c1ccc(C(=O)OC)c(NC(=O)[C@H](C)SCc2ccccc2)c1. The highest BCUT2D eigenvalue weighted by Crippen LogP contribution is 2.23. The van der Waals surface area contributed by atoms with Crippen LogP contribution in [0.4, 0.5) is 5.69 Å². The Hall–Kier alpha value is -2.80. The fourth-order valence-electron chi connectivity index (χ4n) is 2.29. The number of carbonyl (C=O) groups is 3. The summed E-state index contributed by atoms with van der Waals surface area (Å²) in [6.45, 7) is 1.78. The van der Waals surface area contributed by atoms with Crippen molar-refractivity contribution in [3.8, 4) is 0 Å². The van der Waals surface area contributed by atoms with Gasteiger partial charge in [-0.05, 0) is 30.7 Å². The topological polar surface area (TPSA) is 81.7 Å². The van der Waals surface area contributed by atoms with Crippen LogP contribution in [0.5, 0.6) is 0 Å². The predicted molar refractivity (Wildman–Crippen MR) is 105 cm³/mol. The van der Waals surface area contributed by atoms with Crippen LogP contribution in [0.25, 0.3) is 0 Å². The molecule has 0 saturated heterocycles. The normalized spacial score (nSPS) is 11.4. The molecule has 0 unspecified atom stereocenters. The first-order valence-corrected chi connectivity index (χ1v) is 9.28. The average molecular weight is 387 g/mol. The number of hydrogen-bond donors (Lipinski definition) is 1. The summed E-state index contributed by atoms with van der Waals surface area (Å²) in [5, 5.41) is 2.35. The van der Waals surface area contributed by atoms with E-state index in [0.717, 1.165) is 5.56 Å². The lowest BCUT2D eigenvalue weighted by Crippen LogP contribution is -2.24. The van der Waals surface area contributed by atoms with Gasteiger partial charge in [0, 0.05) is 5.75 Å². The number of carbonyl (C=O) groups excluding carboxylic acids is 3. The third-order valence-corrected chi connectivity index (χ3v) is 5.03. The van der Waals surface area contributed by atoms with Gasteiger partial charge in [0.25, 0.3) is 0 Å². The Balaban J connectivity index is 2.14. The molecule has 2 rings (SSSR count). The smallest absolute Gasteiger partial charge is 0.339 e. The van der Waals surface area contributed by atoms with E-state index in [1.54, 1.807) is 6.92 Å². The van der Waals surface area contributed by atoms with Crippen molar-refractivity contribution in [2.45, 2.75) is 17.9 Å². The van der Waals surface area contributed by atoms with E-state index in [-0.39, 0.29) is 28.0 Å². The van der Waals surface area contributed by atoms with E-state index >= 15 is 0 Å². The largest absolute Gasteiger partial charge is 0.465 e. The van der Waals surface area contributed by atoms with Gasteiger partial charge in [-0.1, -0.05) is 30.3 Å². The Morgan fingerprint density at radius 2 is 1.67 bits per heavy atom. The van der Waals surface area contributed by atoms with Gasteiger partial charge < -0.3 is 14.8 Å². The molecule has 0 aromatic heterocycles. The maximum absolute atomic E-state index is 12.5. The number of anilines is 1. The molecule has 0 bridgehead atoms. The number of rotatable bonds is 7. The van der Waals surface area contributed by atoms with Crippen LogP contribution in [0.2, 0.25) is 0 Å². The van der Waals surface area contributed by atoms with Crippen LogP contribution in [0, 0.1) is 0 Å². The molecule has 0 aliphatic heterocycles. The van der Waals surface area contributed by atoms with Crippen molar-refractivity contribution >= 4 is 35.3 Å². The second-order valence-corrected chi connectivity index (χ2v) is 7.00. The van der Waals surface area contributed by atoms with Crippen LogP contribution in [-0.4, -0.2) is 37.3 Å². The van der Waals surface area contributed by atoms with Gasteiger partial charge in [-0.2, -0.15) is 0 Å². The van der Waals surface area contributed by atoms with Crippen molar-refractivity contribution in [2.75, 3.05) is 19.5 Å². The number of benzene rings is 2. The molecule has 1 amide bonds. The molecule has 0 saturated carbocycles. The monoisotopic (exact) mass is 387 g/mol. The zero-order valence-corrected chi connectivity index (χ0v) is 16.2. The van der Waals surface area contributed by atoms with Gasteiger partial charge >= 0.3 is 11.9 Å². The Morgan fingerprint density at radius 1 is 1.00 bits per heavy atom. The minimum Gasteiger partial charge on any atom is -0.465 e. The lowest BCUT2D eigenvalue weighted by atomic mass is 10.1. The minimum atomic E-state index is -0.605. The first-order valence-electron chi connectivity index (χ1n) is 8.23. The number of ether oxygens (including phenoxy) is 2. The fraction of sp³-hybridized carbons (Fsp3) is 0.250. The second kappa shape index (κ2) is 9.78. The molecule has 1 atom stereocenters. The highest BCUT2D eigenvalue weighted by atomic mass is 32.2. The maximum Gasteiger partial charge on any atom is 0.339 e. The number of thioether (sulfide) groups is 1. The number of amides is 1. The molecule has 27 heavy (non-hydrogen) atoms. The third-order valence-electron chi connectivity index (χ3n) is 3.82. The quantitative estimate of drug-likeness (QED) is 0.732. The summed E-state index contributed by atoms with van der Waals surface area (Å²) >= 11 is 1.47. The van der Waals surface area contributed by atoms with Gasteiger partial charge in [-0.15, -0.1) is 11.8 Å². The molecule has 2 aromatic rings. The summed E-state index contributed by atoms with van der Waals surface area (Å²) in [5.41, 5.74) is 1.72. The number of esters is 2. The molecule has 0 radical (unpaired) electrons. The third kappa shape index (κ3) is 5.59. The Bertz CT molecular complexity index is 822. The summed E-state index contributed by atoms with van der Waals surface area (Å²) in [6, 6.07) is 14.1. The van der Waals surface area contributed by atoms with Crippen LogP contribution in [-0.2, 0) is 20.0 Å². The number of hydrogen-bond acceptors (Lipinski definition) is 6. The van der Waals surface area contributed by atoms with Crippen LogP contribution >= 0.6 is 11.8 Å². The van der Waals surface area contributed by atoms with Gasteiger partial charge in [0.05, 0.1) is 36.3 Å². The molecule has 1 N–H and O–H groups in total. The van der Waals surface area contributed by atoms with E-state index in [2.05, 4.69) is 10.1 Å². The molecule has 0 aliphatic carbocycles. The van der Waals surface area contributed by atoms with E-state index in [0.29, 0.717) is 5.75 Å². The zero-order valence-electron chi connectivity index (χ0n) is 15.4. The Labute approximate surface area is 162 Å². The molecule has 2 aromatic carbocycles. The summed E-state index contributed by atoms with van der Waals surface area (Å²) < 4.78 is 9.43. The number of nitrogens with one attached hydrogen (secondary N) is 1. The standard InChI is InChI=1S/C20H21NO5S/c1-13(27-12-14-7-5-4-6-8-14)18(22)21-17-11-15(19(23)25-2)9-10-16(17)20(24)26-3/h4-11,13H,12H2,1-3H3,(H,21,22)/t13-/m0/s1.